The molecule has 0 bridgehead atoms. The number of carbonyl (C=O) groups is 1. The zero-order chi connectivity index (χ0) is 30.3. The molecule has 226 valence electrons. The SMILES string of the molecule is CCC(O)CN(C(=O)Nc1ccc(F)cc1F)C1CCN(Cc2ccc(Oc3ccc(NS(C)(=O)=O)cc3)cc2)CC1. The number of piperidine rings is 1. The summed E-state index contributed by atoms with van der Waals surface area (Å²) in [6.45, 7) is 4.12. The summed E-state index contributed by atoms with van der Waals surface area (Å²) in [7, 11) is -3.35. The van der Waals surface area contributed by atoms with Gasteiger partial charge in [0.1, 0.15) is 23.1 Å². The number of aliphatic hydroxyl groups is 1. The quantitative estimate of drug-likeness (QED) is 0.271. The third-order valence-electron chi connectivity index (χ3n) is 7.03. The summed E-state index contributed by atoms with van der Waals surface area (Å²) in [5.41, 5.74) is 1.44. The fourth-order valence-corrected chi connectivity index (χ4v) is 5.35. The van der Waals surface area contributed by atoms with Crippen molar-refractivity contribution in [2.24, 2.45) is 0 Å². The Labute approximate surface area is 245 Å². The van der Waals surface area contributed by atoms with Gasteiger partial charge in [0, 0.05) is 44.0 Å². The number of anilines is 2. The maximum Gasteiger partial charge on any atom is 0.322 e. The average molecular weight is 603 g/mol. The Morgan fingerprint density at radius 3 is 2.24 bits per heavy atom. The number of hydrogen-bond donors (Lipinski definition) is 3. The first-order valence-corrected chi connectivity index (χ1v) is 15.7. The van der Waals surface area contributed by atoms with Crippen LogP contribution in [-0.4, -0.2) is 67.4 Å². The molecule has 1 aliphatic rings. The number of aliphatic hydroxyl groups excluding tert-OH is 1. The van der Waals surface area contributed by atoms with Crippen molar-refractivity contribution in [1.82, 2.24) is 9.80 Å². The van der Waals surface area contributed by atoms with E-state index in [1.165, 1.54) is 6.07 Å². The summed E-state index contributed by atoms with van der Waals surface area (Å²) >= 11 is 0. The van der Waals surface area contributed by atoms with Crippen LogP contribution in [0, 0.1) is 11.6 Å². The van der Waals surface area contributed by atoms with E-state index in [9.17, 15) is 27.1 Å². The minimum atomic E-state index is -3.35. The first-order valence-electron chi connectivity index (χ1n) is 13.8. The van der Waals surface area contributed by atoms with E-state index in [1.807, 2.05) is 31.2 Å². The summed E-state index contributed by atoms with van der Waals surface area (Å²) in [6.07, 6.45) is 2.21. The van der Waals surface area contributed by atoms with E-state index in [0.717, 1.165) is 37.0 Å². The third kappa shape index (κ3) is 9.13. The van der Waals surface area contributed by atoms with Gasteiger partial charge in [-0.15, -0.1) is 0 Å². The molecule has 1 atom stereocenters. The van der Waals surface area contributed by atoms with E-state index < -0.39 is 33.8 Å². The Balaban J connectivity index is 1.30. The number of ether oxygens (including phenoxy) is 1. The molecule has 2 amide bonds. The Morgan fingerprint density at radius 2 is 1.67 bits per heavy atom. The number of sulfonamides is 1. The number of hydrogen-bond acceptors (Lipinski definition) is 6. The smallest absolute Gasteiger partial charge is 0.322 e. The molecule has 1 unspecified atom stereocenters. The van der Waals surface area contributed by atoms with Crippen LogP contribution >= 0.6 is 0 Å². The maximum absolute atomic E-state index is 14.1. The van der Waals surface area contributed by atoms with Crippen LogP contribution in [0.4, 0.5) is 25.0 Å². The van der Waals surface area contributed by atoms with Gasteiger partial charge in [-0.25, -0.2) is 22.0 Å². The van der Waals surface area contributed by atoms with Crippen molar-refractivity contribution in [3.8, 4) is 11.5 Å². The average Bonchev–Trinajstić information content (AvgIpc) is 2.95. The Morgan fingerprint density at radius 1 is 1.05 bits per heavy atom. The van der Waals surface area contributed by atoms with Crippen molar-refractivity contribution in [2.45, 2.75) is 44.9 Å². The van der Waals surface area contributed by atoms with E-state index in [-0.39, 0.29) is 18.3 Å². The highest BCUT2D eigenvalue weighted by Gasteiger charge is 2.30. The molecule has 1 heterocycles. The summed E-state index contributed by atoms with van der Waals surface area (Å²) in [5.74, 6) is -0.359. The van der Waals surface area contributed by atoms with E-state index in [4.69, 9.17) is 4.74 Å². The number of carbonyl (C=O) groups excluding carboxylic acids is 1. The molecule has 3 aromatic rings. The van der Waals surface area contributed by atoms with Crippen LogP contribution in [0.1, 0.15) is 31.7 Å². The normalized spacial score (nSPS) is 15.2. The maximum atomic E-state index is 14.1. The van der Waals surface area contributed by atoms with Gasteiger partial charge in [-0.2, -0.15) is 0 Å². The molecule has 0 aromatic heterocycles. The van der Waals surface area contributed by atoms with E-state index in [0.29, 0.717) is 43.0 Å². The molecule has 0 saturated carbocycles. The van der Waals surface area contributed by atoms with E-state index in [2.05, 4.69) is 14.9 Å². The van der Waals surface area contributed by atoms with Crippen molar-refractivity contribution in [2.75, 3.05) is 35.9 Å². The molecule has 9 nitrogen and oxygen atoms in total. The fourth-order valence-electron chi connectivity index (χ4n) is 4.78. The minimum absolute atomic E-state index is 0.108. The number of amides is 2. The van der Waals surface area contributed by atoms with Gasteiger partial charge in [-0.1, -0.05) is 19.1 Å². The molecule has 0 spiro atoms. The largest absolute Gasteiger partial charge is 0.457 e. The predicted molar refractivity (Wildman–Crippen MR) is 158 cm³/mol. The second kappa shape index (κ2) is 14.0. The highest BCUT2D eigenvalue weighted by atomic mass is 32.2. The summed E-state index contributed by atoms with van der Waals surface area (Å²) in [5, 5.41) is 12.8. The summed E-state index contributed by atoms with van der Waals surface area (Å²) in [4.78, 5) is 16.9. The molecule has 1 aliphatic heterocycles. The molecule has 4 rings (SSSR count). The molecule has 3 N–H and O–H groups in total. The van der Waals surface area contributed by atoms with Gasteiger partial charge in [0.05, 0.1) is 18.0 Å². The van der Waals surface area contributed by atoms with Crippen LogP contribution in [0.2, 0.25) is 0 Å². The molecule has 1 saturated heterocycles. The minimum Gasteiger partial charge on any atom is -0.457 e. The molecular weight excluding hydrogens is 566 g/mol. The lowest BCUT2D eigenvalue weighted by molar-refractivity contribution is 0.0766. The van der Waals surface area contributed by atoms with Gasteiger partial charge in [0.15, 0.2) is 0 Å². The highest BCUT2D eigenvalue weighted by molar-refractivity contribution is 7.92. The predicted octanol–water partition coefficient (Wildman–Crippen LogP) is 5.40. The van der Waals surface area contributed by atoms with Crippen molar-refractivity contribution in [1.29, 1.82) is 0 Å². The van der Waals surface area contributed by atoms with Crippen molar-refractivity contribution in [3.05, 3.63) is 83.9 Å². The van der Waals surface area contributed by atoms with Crippen LogP contribution in [0.3, 0.4) is 0 Å². The second-order valence-corrected chi connectivity index (χ2v) is 12.2. The van der Waals surface area contributed by atoms with Crippen LogP contribution in [0.15, 0.2) is 66.7 Å². The Bertz CT molecular complexity index is 1450. The van der Waals surface area contributed by atoms with Gasteiger partial charge in [0.25, 0.3) is 0 Å². The zero-order valence-corrected chi connectivity index (χ0v) is 24.4. The van der Waals surface area contributed by atoms with Gasteiger partial charge < -0.3 is 20.1 Å². The molecule has 1 fully saturated rings. The van der Waals surface area contributed by atoms with Crippen molar-refractivity contribution < 1.29 is 31.8 Å². The fraction of sp³-hybridized carbons (Fsp3) is 0.367. The first-order chi connectivity index (χ1) is 20.0. The number of nitrogens with one attached hydrogen (secondary N) is 2. The number of rotatable bonds is 11. The number of halogens is 2. The van der Waals surface area contributed by atoms with Crippen LogP contribution in [-0.2, 0) is 16.6 Å². The van der Waals surface area contributed by atoms with Crippen molar-refractivity contribution in [3.63, 3.8) is 0 Å². The Kier molecular flexibility index (Phi) is 10.4. The van der Waals surface area contributed by atoms with Crippen LogP contribution < -0.4 is 14.8 Å². The Hall–Kier alpha value is -3.74. The number of likely N-dealkylation sites (tertiary alicyclic amines) is 1. The monoisotopic (exact) mass is 602 g/mol. The van der Waals surface area contributed by atoms with E-state index in [1.54, 1.807) is 29.2 Å². The van der Waals surface area contributed by atoms with Gasteiger partial charge >= 0.3 is 6.03 Å². The van der Waals surface area contributed by atoms with Gasteiger partial charge in [0.2, 0.25) is 10.0 Å². The lowest BCUT2D eigenvalue weighted by atomic mass is 10.0. The van der Waals surface area contributed by atoms with Crippen LogP contribution in [0.25, 0.3) is 0 Å². The van der Waals surface area contributed by atoms with Crippen molar-refractivity contribution >= 4 is 27.4 Å². The number of urea groups is 1. The standard InChI is InChI=1S/C30H36F2N4O5S/c1-3-25(37)20-36(30(38)33-29-13-6-22(31)18-28(29)32)24-14-16-35(17-15-24)19-21-4-9-26(10-5-21)41-27-11-7-23(8-12-27)34-42(2,39)40/h4-13,18,24-25,34,37H,3,14-17,19-20H2,1-2H3,(H,33,38). The van der Waals surface area contributed by atoms with Gasteiger partial charge in [-0.3, -0.25) is 9.62 Å². The summed E-state index contributed by atoms with van der Waals surface area (Å²) < 4.78 is 58.4. The molecule has 42 heavy (non-hydrogen) atoms. The molecule has 3 aromatic carbocycles. The number of nitrogens with zero attached hydrogens (tertiary/aromatic N) is 2. The second-order valence-electron chi connectivity index (χ2n) is 10.4. The third-order valence-corrected chi connectivity index (χ3v) is 7.64. The molecular formula is C30H36F2N4O5S. The topological polar surface area (TPSA) is 111 Å². The molecule has 0 radical (unpaired) electrons. The van der Waals surface area contributed by atoms with E-state index >= 15 is 0 Å². The lowest BCUT2D eigenvalue weighted by Gasteiger charge is -2.39. The number of benzene rings is 3. The van der Waals surface area contributed by atoms with Gasteiger partial charge in [-0.05, 0) is 73.4 Å². The lowest BCUT2D eigenvalue weighted by Crippen LogP contribution is -2.51. The van der Waals surface area contributed by atoms with Crippen LogP contribution in [0.5, 0.6) is 11.5 Å². The highest BCUT2D eigenvalue weighted by Crippen LogP contribution is 2.26. The molecule has 12 heteroatoms. The molecule has 0 aliphatic carbocycles. The first kappa shape index (κ1) is 31.2. The summed E-state index contributed by atoms with van der Waals surface area (Å²) in [6, 6.07) is 16.7. The zero-order valence-electron chi connectivity index (χ0n) is 23.6.